The second-order valence-electron chi connectivity index (χ2n) is 4.83. The van der Waals surface area contributed by atoms with Crippen molar-refractivity contribution in [3.63, 3.8) is 0 Å². The number of hydrogen-bond donors (Lipinski definition) is 3. The standard InChI is InChI=1S/C11H17N5O2/c17-5-16(6-18)11-14-9(7-1-2-7)13-10(15-11)12-8-3-4-8/h7-8,17-18H,1-6H2,(H,12,13,14,15). The van der Waals surface area contributed by atoms with E-state index in [1.54, 1.807) is 0 Å². The molecule has 0 amide bonds. The van der Waals surface area contributed by atoms with Gasteiger partial charge in [0.1, 0.15) is 19.3 Å². The average Bonchev–Trinajstić information content (AvgIpc) is 3.25. The lowest BCUT2D eigenvalue weighted by Gasteiger charge is -2.17. The van der Waals surface area contributed by atoms with Crippen LogP contribution in [0.1, 0.15) is 37.4 Å². The van der Waals surface area contributed by atoms with Crippen molar-refractivity contribution in [3.8, 4) is 0 Å². The quantitative estimate of drug-likeness (QED) is 0.614. The van der Waals surface area contributed by atoms with Gasteiger partial charge in [0, 0.05) is 12.0 Å². The lowest BCUT2D eigenvalue weighted by Crippen LogP contribution is -2.28. The van der Waals surface area contributed by atoms with Crippen molar-refractivity contribution in [2.24, 2.45) is 0 Å². The summed E-state index contributed by atoms with van der Waals surface area (Å²) in [6, 6.07) is 0.462. The third-order valence-corrected chi connectivity index (χ3v) is 3.12. The van der Waals surface area contributed by atoms with Crippen LogP contribution in [0.15, 0.2) is 0 Å². The maximum Gasteiger partial charge on any atom is 0.234 e. The highest BCUT2D eigenvalue weighted by Gasteiger charge is 2.29. The first-order valence-electron chi connectivity index (χ1n) is 6.29. The molecule has 0 radical (unpaired) electrons. The maximum absolute atomic E-state index is 9.15. The topological polar surface area (TPSA) is 94.4 Å². The molecule has 7 heteroatoms. The van der Waals surface area contributed by atoms with E-state index in [1.165, 1.54) is 4.90 Å². The van der Waals surface area contributed by atoms with Crippen molar-refractivity contribution >= 4 is 11.9 Å². The van der Waals surface area contributed by atoms with Gasteiger partial charge in [-0.2, -0.15) is 15.0 Å². The Kier molecular flexibility index (Phi) is 3.00. The predicted octanol–water partition coefficient (Wildman–Crippen LogP) is 0.0293. The zero-order chi connectivity index (χ0) is 12.5. The van der Waals surface area contributed by atoms with E-state index >= 15 is 0 Å². The normalized spacial score (nSPS) is 18.8. The predicted molar refractivity (Wildman–Crippen MR) is 65.1 cm³/mol. The van der Waals surface area contributed by atoms with Crippen LogP contribution in [0.25, 0.3) is 0 Å². The van der Waals surface area contributed by atoms with Gasteiger partial charge in [-0.25, -0.2) is 0 Å². The fourth-order valence-corrected chi connectivity index (χ4v) is 1.69. The first-order chi connectivity index (χ1) is 8.80. The molecule has 3 rings (SSSR count). The molecule has 2 saturated carbocycles. The molecule has 0 aromatic carbocycles. The van der Waals surface area contributed by atoms with Gasteiger partial charge >= 0.3 is 0 Å². The van der Waals surface area contributed by atoms with Crippen molar-refractivity contribution in [1.29, 1.82) is 0 Å². The average molecular weight is 251 g/mol. The molecule has 0 spiro atoms. The fourth-order valence-electron chi connectivity index (χ4n) is 1.69. The number of aliphatic hydroxyl groups excluding tert-OH is 2. The van der Waals surface area contributed by atoms with Crippen LogP contribution in [0.3, 0.4) is 0 Å². The minimum atomic E-state index is -0.312. The third kappa shape index (κ3) is 2.51. The second kappa shape index (κ2) is 4.66. The van der Waals surface area contributed by atoms with Crippen LogP contribution >= 0.6 is 0 Å². The van der Waals surface area contributed by atoms with Gasteiger partial charge in [-0.15, -0.1) is 0 Å². The summed E-state index contributed by atoms with van der Waals surface area (Å²) in [5.74, 6) is 2.05. The van der Waals surface area contributed by atoms with E-state index in [-0.39, 0.29) is 13.5 Å². The van der Waals surface area contributed by atoms with E-state index in [1.807, 2.05) is 0 Å². The van der Waals surface area contributed by atoms with Crippen LogP contribution < -0.4 is 10.2 Å². The first kappa shape index (κ1) is 11.6. The monoisotopic (exact) mass is 251 g/mol. The van der Waals surface area contributed by atoms with Gasteiger partial charge in [0.15, 0.2) is 0 Å². The van der Waals surface area contributed by atoms with Crippen molar-refractivity contribution in [2.45, 2.75) is 37.6 Å². The lowest BCUT2D eigenvalue weighted by molar-refractivity contribution is 0.220. The molecule has 98 valence electrons. The summed E-state index contributed by atoms with van der Waals surface area (Å²) in [5.41, 5.74) is 0. The van der Waals surface area contributed by atoms with Gasteiger partial charge in [-0.05, 0) is 25.7 Å². The molecular weight excluding hydrogens is 234 g/mol. The SMILES string of the molecule is OCN(CO)c1nc(NC2CC2)nc(C2CC2)n1. The molecular formula is C11H17N5O2. The molecule has 0 aliphatic heterocycles. The van der Waals surface area contributed by atoms with Crippen LogP contribution in [-0.4, -0.2) is 44.7 Å². The van der Waals surface area contributed by atoms with E-state index < -0.39 is 0 Å². The number of anilines is 2. The van der Waals surface area contributed by atoms with Crippen LogP contribution in [0.5, 0.6) is 0 Å². The molecule has 7 nitrogen and oxygen atoms in total. The third-order valence-electron chi connectivity index (χ3n) is 3.12. The number of nitrogens with zero attached hydrogens (tertiary/aromatic N) is 4. The van der Waals surface area contributed by atoms with Crippen molar-refractivity contribution < 1.29 is 10.2 Å². The molecule has 1 aromatic rings. The molecule has 2 fully saturated rings. The molecule has 2 aliphatic carbocycles. The Hall–Kier alpha value is -1.47. The Morgan fingerprint density at radius 1 is 1.06 bits per heavy atom. The number of aromatic nitrogens is 3. The molecule has 18 heavy (non-hydrogen) atoms. The second-order valence-corrected chi connectivity index (χ2v) is 4.83. The molecule has 0 unspecified atom stereocenters. The summed E-state index contributed by atoms with van der Waals surface area (Å²) in [4.78, 5) is 14.2. The Morgan fingerprint density at radius 3 is 2.33 bits per heavy atom. The summed E-state index contributed by atoms with van der Waals surface area (Å²) in [7, 11) is 0. The van der Waals surface area contributed by atoms with Crippen LogP contribution in [0, 0.1) is 0 Å². The highest BCUT2D eigenvalue weighted by atomic mass is 16.3. The molecule has 0 bridgehead atoms. The summed E-state index contributed by atoms with van der Waals surface area (Å²) >= 11 is 0. The zero-order valence-corrected chi connectivity index (χ0v) is 10.1. The summed E-state index contributed by atoms with van der Waals surface area (Å²) in [6.45, 7) is -0.624. The molecule has 0 atom stereocenters. The van der Waals surface area contributed by atoms with Crippen molar-refractivity contribution in [1.82, 2.24) is 15.0 Å². The van der Waals surface area contributed by atoms with Gasteiger partial charge < -0.3 is 15.5 Å². The summed E-state index contributed by atoms with van der Waals surface area (Å²) < 4.78 is 0. The summed E-state index contributed by atoms with van der Waals surface area (Å²) in [6.07, 6.45) is 4.49. The van der Waals surface area contributed by atoms with Gasteiger partial charge in [0.2, 0.25) is 11.9 Å². The van der Waals surface area contributed by atoms with Gasteiger partial charge in [0.05, 0.1) is 0 Å². The van der Waals surface area contributed by atoms with E-state index in [0.29, 0.717) is 23.9 Å². The van der Waals surface area contributed by atoms with Crippen LogP contribution in [-0.2, 0) is 0 Å². The highest BCUT2D eigenvalue weighted by molar-refractivity contribution is 5.38. The van der Waals surface area contributed by atoms with E-state index in [0.717, 1.165) is 31.5 Å². The molecule has 2 aliphatic rings. The van der Waals surface area contributed by atoms with Crippen LogP contribution in [0.2, 0.25) is 0 Å². The van der Waals surface area contributed by atoms with Crippen LogP contribution in [0.4, 0.5) is 11.9 Å². The minimum Gasteiger partial charge on any atom is -0.376 e. The number of aliphatic hydroxyl groups is 2. The smallest absolute Gasteiger partial charge is 0.234 e. The van der Waals surface area contributed by atoms with Gasteiger partial charge in [-0.1, -0.05) is 0 Å². The number of nitrogens with one attached hydrogen (secondary N) is 1. The largest absolute Gasteiger partial charge is 0.376 e. The Morgan fingerprint density at radius 2 is 1.78 bits per heavy atom. The van der Waals surface area contributed by atoms with E-state index in [2.05, 4.69) is 20.3 Å². The number of rotatable bonds is 6. The van der Waals surface area contributed by atoms with Gasteiger partial charge in [0.25, 0.3) is 0 Å². The van der Waals surface area contributed by atoms with E-state index in [4.69, 9.17) is 10.2 Å². The fraction of sp³-hybridized carbons (Fsp3) is 0.727. The zero-order valence-electron chi connectivity index (χ0n) is 10.1. The number of hydrogen-bond acceptors (Lipinski definition) is 7. The Balaban J connectivity index is 1.87. The van der Waals surface area contributed by atoms with E-state index in [9.17, 15) is 0 Å². The molecule has 1 heterocycles. The highest BCUT2D eigenvalue weighted by Crippen LogP contribution is 2.38. The van der Waals surface area contributed by atoms with Crippen molar-refractivity contribution in [2.75, 3.05) is 23.7 Å². The lowest BCUT2D eigenvalue weighted by atomic mass is 10.4. The Bertz CT molecular complexity index is 429. The molecule has 0 saturated heterocycles. The molecule has 3 N–H and O–H groups in total. The minimum absolute atomic E-state index is 0.312. The van der Waals surface area contributed by atoms with Gasteiger partial charge in [-0.3, -0.25) is 4.90 Å². The first-order valence-corrected chi connectivity index (χ1v) is 6.29. The Labute approximate surface area is 105 Å². The summed E-state index contributed by atoms with van der Waals surface area (Å²) in [5, 5.41) is 21.5. The van der Waals surface area contributed by atoms with Crippen molar-refractivity contribution in [3.05, 3.63) is 5.82 Å². The maximum atomic E-state index is 9.15. The molecule has 1 aromatic heterocycles.